The number of ether oxygens (including phenoxy) is 1. The van der Waals surface area contributed by atoms with Gasteiger partial charge in [-0.1, -0.05) is 41.0 Å². The highest BCUT2D eigenvalue weighted by Crippen LogP contribution is 2.68. The molecule has 0 aromatic rings. The number of hydrogen-bond donors (Lipinski definition) is 3. The van der Waals surface area contributed by atoms with E-state index in [1.165, 1.54) is 38.5 Å². The average Bonchev–Trinajstić information content (AvgIpc) is 2.91. The number of rotatable bonds is 10. The van der Waals surface area contributed by atoms with Gasteiger partial charge in [0.2, 0.25) is 0 Å². The molecule has 2 aliphatic rings. The van der Waals surface area contributed by atoms with Crippen LogP contribution in [-0.2, 0) is 4.74 Å². The van der Waals surface area contributed by atoms with E-state index < -0.39 is 0 Å². The second-order valence-corrected chi connectivity index (χ2v) is 12.3. The van der Waals surface area contributed by atoms with Crippen molar-refractivity contribution in [3.8, 4) is 0 Å². The Morgan fingerprint density at radius 3 is 2.46 bits per heavy atom. The van der Waals surface area contributed by atoms with Crippen molar-refractivity contribution < 1.29 is 4.74 Å². The molecule has 0 aromatic heterocycles. The van der Waals surface area contributed by atoms with Gasteiger partial charge in [0.15, 0.2) is 0 Å². The summed E-state index contributed by atoms with van der Waals surface area (Å²) in [5.74, 6) is 0.469. The summed E-state index contributed by atoms with van der Waals surface area (Å²) in [4.78, 5) is 0. The van der Waals surface area contributed by atoms with Crippen LogP contribution in [0.1, 0.15) is 99.3 Å². The van der Waals surface area contributed by atoms with Crippen LogP contribution >= 0.6 is 25.3 Å². The Balaban J connectivity index is 2.03. The van der Waals surface area contributed by atoms with Gasteiger partial charge in [-0.2, -0.15) is 25.3 Å². The lowest BCUT2D eigenvalue weighted by Crippen LogP contribution is -2.62. The number of unbranched alkanes of at least 4 members (excludes halogenated alkanes) is 1. The van der Waals surface area contributed by atoms with E-state index in [0.717, 1.165) is 25.9 Å². The van der Waals surface area contributed by atoms with Crippen molar-refractivity contribution in [2.75, 3.05) is 13.7 Å². The predicted octanol–water partition coefficient (Wildman–Crippen LogP) is 6.54. The largest absolute Gasteiger partial charge is 0.378 e. The highest BCUT2D eigenvalue weighted by Gasteiger charge is 2.66. The molecular weight excluding hydrogens is 382 g/mol. The lowest BCUT2D eigenvalue weighted by molar-refractivity contribution is -0.0629. The molecule has 0 bridgehead atoms. The molecule has 0 spiro atoms. The van der Waals surface area contributed by atoms with E-state index >= 15 is 0 Å². The third kappa shape index (κ3) is 4.32. The van der Waals surface area contributed by atoms with Crippen molar-refractivity contribution in [3.05, 3.63) is 0 Å². The fourth-order valence-corrected chi connectivity index (χ4v) is 7.49. The second kappa shape index (κ2) is 9.40. The SMILES string of the molecule is CCCC(C)(C)C1(S)CCC2(C)C(OCCCCC(C)NC)CCC2(S)C1C. The zero-order chi connectivity index (χ0) is 21.2. The molecule has 2 fully saturated rings. The highest BCUT2D eigenvalue weighted by molar-refractivity contribution is 7.83. The van der Waals surface area contributed by atoms with Gasteiger partial charge in [-0.25, -0.2) is 0 Å². The quantitative estimate of drug-likeness (QED) is 0.271. The van der Waals surface area contributed by atoms with Crippen LogP contribution in [0.3, 0.4) is 0 Å². The molecule has 0 aromatic carbocycles. The summed E-state index contributed by atoms with van der Waals surface area (Å²) < 4.78 is 6.57. The molecule has 2 saturated carbocycles. The van der Waals surface area contributed by atoms with E-state index in [4.69, 9.17) is 30.0 Å². The molecule has 2 nitrogen and oxygen atoms in total. The molecule has 6 atom stereocenters. The second-order valence-electron chi connectivity index (χ2n) is 10.7. The number of hydrogen-bond acceptors (Lipinski definition) is 4. The number of thiol groups is 2. The third-order valence-corrected chi connectivity index (χ3v) is 11.2. The molecule has 0 aliphatic heterocycles. The topological polar surface area (TPSA) is 21.3 Å². The van der Waals surface area contributed by atoms with Gasteiger partial charge in [-0.05, 0) is 76.7 Å². The van der Waals surface area contributed by atoms with E-state index in [9.17, 15) is 0 Å². The first-order valence-corrected chi connectivity index (χ1v) is 12.6. The summed E-state index contributed by atoms with van der Waals surface area (Å²) in [5, 5.41) is 3.32. The third-order valence-electron chi connectivity index (χ3n) is 8.84. The maximum Gasteiger partial charge on any atom is 0.0642 e. The van der Waals surface area contributed by atoms with Crippen molar-refractivity contribution >= 4 is 25.3 Å². The van der Waals surface area contributed by atoms with Crippen LogP contribution in [0.2, 0.25) is 0 Å². The number of fused-ring (bicyclic) bond motifs is 1. The zero-order valence-corrected chi connectivity index (χ0v) is 21.4. The Bertz CT molecular complexity index is 513. The Morgan fingerprint density at radius 2 is 1.86 bits per heavy atom. The van der Waals surface area contributed by atoms with Crippen LogP contribution < -0.4 is 5.32 Å². The van der Waals surface area contributed by atoms with Crippen molar-refractivity contribution in [1.82, 2.24) is 5.32 Å². The number of nitrogens with one attached hydrogen (secondary N) is 1. The van der Waals surface area contributed by atoms with Crippen molar-refractivity contribution in [2.45, 2.75) is 121 Å². The van der Waals surface area contributed by atoms with E-state index in [0.29, 0.717) is 18.1 Å². The van der Waals surface area contributed by atoms with Gasteiger partial charge in [0, 0.05) is 27.6 Å². The minimum Gasteiger partial charge on any atom is -0.378 e. The standard InChI is InChI=1S/C24H47NOS2/c1-8-13-21(4,5)23(27)16-15-22(6)20(12-14-24(22,28)19(23)3)26-17-10-9-11-18(2)25-7/h18-20,25,27-28H,8-17H2,1-7H3. The van der Waals surface area contributed by atoms with Gasteiger partial charge in [0.05, 0.1) is 6.10 Å². The van der Waals surface area contributed by atoms with Crippen molar-refractivity contribution in [3.63, 3.8) is 0 Å². The first-order valence-electron chi connectivity index (χ1n) is 11.7. The molecule has 2 rings (SSSR count). The molecular formula is C24H47NOS2. The van der Waals surface area contributed by atoms with Gasteiger partial charge in [0.1, 0.15) is 0 Å². The van der Waals surface area contributed by atoms with Gasteiger partial charge in [-0.15, -0.1) is 0 Å². The van der Waals surface area contributed by atoms with Crippen LogP contribution in [0.25, 0.3) is 0 Å². The first kappa shape index (κ1) is 24.9. The molecule has 0 radical (unpaired) electrons. The van der Waals surface area contributed by atoms with Crippen LogP contribution in [-0.4, -0.2) is 35.3 Å². The molecule has 2 aliphatic carbocycles. The Labute approximate surface area is 186 Å². The molecule has 6 unspecified atom stereocenters. The fraction of sp³-hybridized carbons (Fsp3) is 1.00. The van der Waals surface area contributed by atoms with E-state index in [1.807, 2.05) is 7.05 Å². The van der Waals surface area contributed by atoms with Gasteiger partial charge in [-0.3, -0.25) is 0 Å². The average molecular weight is 430 g/mol. The summed E-state index contributed by atoms with van der Waals surface area (Å²) in [5.41, 5.74) is 0.382. The van der Waals surface area contributed by atoms with Gasteiger partial charge >= 0.3 is 0 Å². The molecule has 166 valence electrons. The molecule has 4 heteroatoms. The summed E-state index contributed by atoms with van der Waals surface area (Å²) in [6, 6.07) is 0.600. The smallest absolute Gasteiger partial charge is 0.0642 e. The monoisotopic (exact) mass is 429 g/mol. The molecule has 0 saturated heterocycles. The first-order chi connectivity index (χ1) is 13.0. The van der Waals surface area contributed by atoms with Crippen molar-refractivity contribution in [1.29, 1.82) is 0 Å². The van der Waals surface area contributed by atoms with Crippen LogP contribution in [0.15, 0.2) is 0 Å². The predicted molar refractivity (Wildman–Crippen MR) is 130 cm³/mol. The van der Waals surface area contributed by atoms with Crippen molar-refractivity contribution in [2.24, 2.45) is 16.7 Å². The summed E-state index contributed by atoms with van der Waals surface area (Å²) in [6.45, 7) is 15.2. The minimum absolute atomic E-state index is 0.0172. The van der Waals surface area contributed by atoms with Crippen LogP contribution in [0.4, 0.5) is 0 Å². The van der Waals surface area contributed by atoms with Gasteiger partial charge in [0.25, 0.3) is 0 Å². The van der Waals surface area contributed by atoms with Gasteiger partial charge < -0.3 is 10.1 Å². The van der Waals surface area contributed by atoms with E-state index in [2.05, 4.69) is 46.9 Å². The lowest BCUT2D eigenvalue weighted by atomic mass is 9.53. The summed E-state index contributed by atoms with van der Waals surface area (Å²) in [6.07, 6.45) is 11.1. The Morgan fingerprint density at radius 1 is 1.18 bits per heavy atom. The van der Waals surface area contributed by atoms with Crippen LogP contribution in [0, 0.1) is 16.7 Å². The molecule has 0 heterocycles. The Kier molecular flexibility index (Phi) is 8.36. The molecule has 28 heavy (non-hydrogen) atoms. The maximum atomic E-state index is 6.51. The molecule has 1 N–H and O–H groups in total. The fourth-order valence-electron chi connectivity index (χ4n) is 6.34. The molecule has 0 amide bonds. The maximum absolute atomic E-state index is 6.51. The van der Waals surface area contributed by atoms with E-state index in [1.54, 1.807) is 0 Å². The summed E-state index contributed by atoms with van der Waals surface area (Å²) in [7, 11) is 2.04. The normalized spacial score (nSPS) is 39.8. The van der Waals surface area contributed by atoms with E-state index in [-0.39, 0.29) is 20.3 Å². The highest BCUT2D eigenvalue weighted by atomic mass is 32.1. The van der Waals surface area contributed by atoms with Crippen LogP contribution in [0.5, 0.6) is 0 Å². The Hall–Kier alpha value is 0.620. The zero-order valence-electron chi connectivity index (χ0n) is 19.6. The minimum atomic E-state index is 0.0172. The lowest BCUT2D eigenvalue weighted by Gasteiger charge is -2.62. The summed E-state index contributed by atoms with van der Waals surface area (Å²) >= 11 is 10.8.